The zero-order valence-electron chi connectivity index (χ0n) is 8.69. The van der Waals surface area contributed by atoms with E-state index < -0.39 is 10.0 Å². The van der Waals surface area contributed by atoms with Crippen molar-refractivity contribution in [3.63, 3.8) is 0 Å². The van der Waals surface area contributed by atoms with Crippen LogP contribution in [0.1, 0.15) is 17.5 Å². The van der Waals surface area contributed by atoms with E-state index in [1.54, 1.807) is 11.3 Å². The van der Waals surface area contributed by atoms with Crippen LogP contribution in [0.25, 0.3) is 0 Å². The van der Waals surface area contributed by atoms with Crippen molar-refractivity contribution in [1.29, 1.82) is 0 Å². The summed E-state index contributed by atoms with van der Waals surface area (Å²) < 4.78 is 25.4. The van der Waals surface area contributed by atoms with Gasteiger partial charge >= 0.3 is 0 Å². The minimum atomic E-state index is -3.16. The molecule has 1 aromatic rings. The van der Waals surface area contributed by atoms with Gasteiger partial charge < -0.3 is 5.73 Å². The second-order valence-electron chi connectivity index (χ2n) is 3.36. The third-order valence-corrected chi connectivity index (χ3v) is 4.38. The van der Waals surface area contributed by atoms with Crippen LogP contribution < -0.4 is 10.5 Å². The SMILES string of the molecule is Cc1cscc1CNS(=O)(=O)CCCN. The zero-order chi connectivity index (χ0) is 11.3. The van der Waals surface area contributed by atoms with Crippen LogP contribution in [0.2, 0.25) is 0 Å². The largest absolute Gasteiger partial charge is 0.330 e. The topological polar surface area (TPSA) is 72.2 Å². The molecule has 3 N–H and O–H groups in total. The molecule has 0 bridgehead atoms. The van der Waals surface area contributed by atoms with Gasteiger partial charge in [0.1, 0.15) is 0 Å². The minimum Gasteiger partial charge on any atom is -0.330 e. The summed E-state index contributed by atoms with van der Waals surface area (Å²) in [6.07, 6.45) is 0.498. The first-order valence-electron chi connectivity index (χ1n) is 4.74. The maximum atomic E-state index is 11.4. The van der Waals surface area contributed by atoms with Crippen LogP contribution >= 0.6 is 11.3 Å². The van der Waals surface area contributed by atoms with Gasteiger partial charge in [-0.15, -0.1) is 0 Å². The molecule has 0 spiro atoms. The highest BCUT2D eigenvalue weighted by Gasteiger charge is 2.09. The number of rotatable bonds is 6. The Balaban J connectivity index is 2.46. The maximum Gasteiger partial charge on any atom is 0.211 e. The van der Waals surface area contributed by atoms with E-state index in [0.717, 1.165) is 11.1 Å². The predicted octanol–water partition coefficient (Wildman–Crippen LogP) is 0.825. The van der Waals surface area contributed by atoms with Crippen molar-refractivity contribution >= 4 is 21.4 Å². The highest BCUT2D eigenvalue weighted by molar-refractivity contribution is 7.89. The van der Waals surface area contributed by atoms with Gasteiger partial charge in [-0.3, -0.25) is 0 Å². The average molecular weight is 248 g/mol. The normalized spacial score (nSPS) is 11.9. The number of nitrogens with two attached hydrogens (primary N) is 1. The van der Waals surface area contributed by atoms with Crippen molar-refractivity contribution in [2.45, 2.75) is 19.9 Å². The molecule has 0 atom stereocenters. The van der Waals surface area contributed by atoms with Gasteiger partial charge in [-0.25, -0.2) is 13.1 Å². The van der Waals surface area contributed by atoms with E-state index >= 15 is 0 Å². The standard InChI is InChI=1S/C9H16N2O2S2/c1-8-6-14-7-9(8)5-11-15(12,13)4-2-3-10/h6-7,11H,2-5,10H2,1H3. The summed E-state index contributed by atoms with van der Waals surface area (Å²) in [5.41, 5.74) is 7.42. The van der Waals surface area contributed by atoms with E-state index in [2.05, 4.69) is 4.72 Å². The molecule has 0 saturated heterocycles. The Morgan fingerprint density at radius 3 is 2.73 bits per heavy atom. The lowest BCUT2D eigenvalue weighted by Crippen LogP contribution is -2.27. The molecular weight excluding hydrogens is 232 g/mol. The molecule has 0 aliphatic heterocycles. The molecule has 0 aliphatic carbocycles. The second-order valence-corrected chi connectivity index (χ2v) is 6.03. The molecule has 0 unspecified atom stereocenters. The van der Waals surface area contributed by atoms with Crippen LogP contribution in [-0.4, -0.2) is 20.7 Å². The zero-order valence-corrected chi connectivity index (χ0v) is 10.3. The summed E-state index contributed by atoms with van der Waals surface area (Å²) >= 11 is 1.58. The van der Waals surface area contributed by atoms with E-state index in [1.807, 2.05) is 17.7 Å². The van der Waals surface area contributed by atoms with E-state index in [9.17, 15) is 8.42 Å². The van der Waals surface area contributed by atoms with Crippen LogP contribution in [0.15, 0.2) is 10.8 Å². The maximum absolute atomic E-state index is 11.4. The Hall–Kier alpha value is -0.430. The summed E-state index contributed by atoms with van der Waals surface area (Å²) in [4.78, 5) is 0. The second kappa shape index (κ2) is 5.60. The van der Waals surface area contributed by atoms with Gasteiger partial charge in [0, 0.05) is 6.54 Å². The van der Waals surface area contributed by atoms with Gasteiger partial charge in [0.2, 0.25) is 10.0 Å². The summed E-state index contributed by atoms with van der Waals surface area (Å²) in [6.45, 7) is 2.75. The predicted molar refractivity (Wildman–Crippen MR) is 63.4 cm³/mol. The lowest BCUT2D eigenvalue weighted by molar-refractivity contribution is 0.579. The van der Waals surface area contributed by atoms with Crippen LogP contribution in [0, 0.1) is 6.92 Å². The summed E-state index contributed by atoms with van der Waals surface area (Å²) in [6, 6.07) is 0. The first-order valence-corrected chi connectivity index (χ1v) is 7.34. The van der Waals surface area contributed by atoms with Crippen LogP contribution in [0.3, 0.4) is 0 Å². The summed E-state index contributed by atoms with van der Waals surface area (Å²) in [5, 5.41) is 3.96. The lowest BCUT2D eigenvalue weighted by Gasteiger charge is -2.05. The van der Waals surface area contributed by atoms with E-state index in [4.69, 9.17) is 5.73 Å². The number of nitrogens with one attached hydrogen (secondary N) is 1. The van der Waals surface area contributed by atoms with Crippen molar-refractivity contribution in [2.75, 3.05) is 12.3 Å². The van der Waals surface area contributed by atoms with Crippen molar-refractivity contribution in [1.82, 2.24) is 4.72 Å². The van der Waals surface area contributed by atoms with Crippen molar-refractivity contribution < 1.29 is 8.42 Å². The molecular formula is C9H16N2O2S2. The van der Waals surface area contributed by atoms with Gasteiger partial charge in [-0.05, 0) is 41.8 Å². The third-order valence-electron chi connectivity index (χ3n) is 2.06. The first-order chi connectivity index (χ1) is 7.05. The molecule has 0 radical (unpaired) electrons. The van der Waals surface area contributed by atoms with E-state index in [0.29, 0.717) is 19.5 Å². The minimum absolute atomic E-state index is 0.104. The van der Waals surface area contributed by atoms with Crippen molar-refractivity contribution in [3.8, 4) is 0 Å². The Labute approximate surface area is 94.5 Å². The number of hydrogen-bond donors (Lipinski definition) is 2. The van der Waals surface area contributed by atoms with Crippen LogP contribution in [0.4, 0.5) is 0 Å². The molecule has 1 aromatic heterocycles. The fourth-order valence-corrected chi connectivity index (χ4v) is 3.02. The number of sulfonamides is 1. The molecule has 0 aromatic carbocycles. The van der Waals surface area contributed by atoms with Gasteiger partial charge in [-0.1, -0.05) is 0 Å². The van der Waals surface area contributed by atoms with Crippen molar-refractivity contribution in [3.05, 3.63) is 21.9 Å². The first kappa shape index (κ1) is 12.6. The highest BCUT2D eigenvalue weighted by atomic mass is 32.2. The Kier molecular flexibility index (Phi) is 4.72. The Morgan fingerprint density at radius 2 is 2.20 bits per heavy atom. The van der Waals surface area contributed by atoms with Crippen LogP contribution in [-0.2, 0) is 16.6 Å². The molecule has 0 saturated carbocycles. The third kappa shape index (κ3) is 4.29. The molecule has 1 rings (SSSR count). The molecule has 6 heteroatoms. The molecule has 1 heterocycles. The molecule has 15 heavy (non-hydrogen) atoms. The van der Waals surface area contributed by atoms with Crippen LogP contribution in [0.5, 0.6) is 0 Å². The number of hydrogen-bond acceptors (Lipinski definition) is 4. The molecule has 4 nitrogen and oxygen atoms in total. The summed E-state index contributed by atoms with van der Waals surface area (Å²) in [5.74, 6) is 0.104. The smallest absolute Gasteiger partial charge is 0.211 e. The van der Waals surface area contributed by atoms with Gasteiger partial charge in [0.15, 0.2) is 0 Å². The van der Waals surface area contributed by atoms with E-state index in [1.165, 1.54) is 0 Å². The fourth-order valence-electron chi connectivity index (χ4n) is 1.10. The summed E-state index contributed by atoms with van der Waals surface area (Å²) in [7, 11) is -3.16. The molecule has 0 fully saturated rings. The van der Waals surface area contributed by atoms with Gasteiger partial charge in [0.25, 0.3) is 0 Å². The molecule has 0 amide bonds. The highest BCUT2D eigenvalue weighted by Crippen LogP contribution is 2.13. The van der Waals surface area contributed by atoms with Crippen molar-refractivity contribution in [2.24, 2.45) is 5.73 Å². The Bertz CT molecular complexity index is 398. The van der Waals surface area contributed by atoms with Gasteiger partial charge in [0.05, 0.1) is 5.75 Å². The average Bonchev–Trinajstić information content (AvgIpc) is 2.58. The number of aryl methyl sites for hydroxylation is 1. The van der Waals surface area contributed by atoms with Gasteiger partial charge in [-0.2, -0.15) is 11.3 Å². The fraction of sp³-hybridized carbons (Fsp3) is 0.556. The molecule has 0 aliphatic rings. The molecule has 86 valence electrons. The number of thiophene rings is 1. The lowest BCUT2D eigenvalue weighted by atomic mass is 10.2. The monoisotopic (exact) mass is 248 g/mol. The van der Waals surface area contributed by atoms with E-state index in [-0.39, 0.29) is 5.75 Å². The Morgan fingerprint density at radius 1 is 1.47 bits per heavy atom. The quantitative estimate of drug-likeness (QED) is 0.783.